The lowest BCUT2D eigenvalue weighted by molar-refractivity contribution is 0.0672. The zero-order valence-corrected chi connectivity index (χ0v) is 11.0. The van der Waals surface area contributed by atoms with Crippen molar-refractivity contribution in [1.82, 2.24) is 14.8 Å². The van der Waals surface area contributed by atoms with Gasteiger partial charge in [-0.25, -0.2) is 9.67 Å². The first-order valence-electron chi connectivity index (χ1n) is 6.72. The second-order valence-electron chi connectivity index (χ2n) is 4.91. The molecule has 0 radical (unpaired) electrons. The number of aryl methyl sites for hydroxylation is 2. The van der Waals surface area contributed by atoms with Crippen LogP contribution >= 0.6 is 0 Å². The fourth-order valence-corrected chi connectivity index (χ4v) is 2.62. The van der Waals surface area contributed by atoms with Crippen LogP contribution in [0.25, 0.3) is 11.0 Å². The van der Waals surface area contributed by atoms with Crippen LogP contribution in [-0.4, -0.2) is 28.0 Å². The van der Waals surface area contributed by atoms with Crippen molar-refractivity contribution in [1.29, 1.82) is 0 Å². The molecule has 2 aromatic rings. The third-order valence-corrected chi connectivity index (χ3v) is 3.64. The summed E-state index contributed by atoms with van der Waals surface area (Å²) in [5.41, 5.74) is 3.25. The van der Waals surface area contributed by atoms with E-state index in [9.17, 15) is 0 Å². The number of pyridine rings is 1. The van der Waals surface area contributed by atoms with Gasteiger partial charge in [0.05, 0.1) is 11.7 Å². The van der Waals surface area contributed by atoms with Gasteiger partial charge in [0.15, 0.2) is 5.65 Å². The van der Waals surface area contributed by atoms with Gasteiger partial charge in [-0.3, -0.25) is 0 Å². The van der Waals surface area contributed by atoms with Crippen LogP contribution in [0.5, 0.6) is 0 Å². The fourth-order valence-electron chi connectivity index (χ4n) is 2.62. The Hall–Kier alpha value is -1.42. The summed E-state index contributed by atoms with van der Waals surface area (Å²) in [6, 6.07) is 4.66. The summed E-state index contributed by atoms with van der Waals surface area (Å²) < 4.78 is 7.56. The molecule has 18 heavy (non-hydrogen) atoms. The van der Waals surface area contributed by atoms with Crippen LogP contribution in [0.4, 0.5) is 0 Å². The molecule has 0 N–H and O–H groups in total. The summed E-state index contributed by atoms with van der Waals surface area (Å²) in [6.07, 6.45) is 3.03. The van der Waals surface area contributed by atoms with Crippen molar-refractivity contribution in [2.45, 2.75) is 39.2 Å². The van der Waals surface area contributed by atoms with Crippen LogP contribution in [0.1, 0.15) is 37.2 Å². The minimum atomic E-state index is 0.441. The molecular weight excluding hydrogens is 226 g/mol. The van der Waals surface area contributed by atoms with Crippen LogP contribution < -0.4 is 0 Å². The number of hydrogen-bond donors (Lipinski definition) is 0. The number of hydrogen-bond acceptors (Lipinski definition) is 3. The summed E-state index contributed by atoms with van der Waals surface area (Å²) in [6.45, 7) is 5.85. The van der Waals surface area contributed by atoms with E-state index in [2.05, 4.69) is 28.7 Å². The third kappa shape index (κ3) is 1.90. The summed E-state index contributed by atoms with van der Waals surface area (Å²) >= 11 is 0. The first-order chi connectivity index (χ1) is 8.79. The summed E-state index contributed by atoms with van der Waals surface area (Å²) in [5.74, 6) is 0. The molecule has 0 bridgehead atoms. The molecule has 2 aromatic heterocycles. The van der Waals surface area contributed by atoms with Gasteiger partial charge in [-0.05, 0) is 38.3 Å². The Morgan fingerprint density at radius 2 is 2.11 bits per heavy atom. The molecule has 0 spiro atoms. The fraction of sp³-hybridized carbons (Fsp3) is 0.571. The van der Waals surface area contributed by atoms with Gasteiger partial charge in [-0.2, -0.15) is 5.10 Å². The van der Waals surface area contributed by atoms with Gasteiger partial charge in [0.1, 0.15) is 0 Å². The van der Waals surface area contributed by atoms with Gasteiger partial charge in [0.25, 0.3) is 0 Å². The van der Waals surface area contributed by atoms with Crippen LogP contribution in [-0.2, 0) is 11.2 Å². The molecule has 1 fully saturated rings. The number of fused-ring (bicyclic) bond motifs is 1. The smallest absolute Gasteiger partial charge is 0.158 e. The van der Waals surface area contributed by atoms with Crippen molar-refractivity contribution in [2.75, 3.05) is 13.2 Å². The number of ether oxygens (including phenoxy) is 1. The van der Waals surface area contributed by atoms with Crippen LogP contribution in [0.3, 0.4) is 0 Å². The molecule has 4 nitrogen and oxygen atoms in total. The standard InChI is InChI=1S/C14H19N3O/c1-3-13-12-5-4-10(2)15-14(12)17(16-13)11-6-8-18-9-7-11/h4-5,11H,3,6-9H2,1-2H3. The molecular formula is C14H19N3O. The van der Waals surface area contributed by atoms with Crippen molar-refractivity contribution >= 4 is 11.0 Å². The Morgan fingerprint density at radius 1 is 1.33 bits per heavy atom. The van der Waals surface area contributed by atoms with E-state index in [0.29, 0.717) is 6.04 Å². The largest absolute Gasteiger partial charge is 0.381 e. The van der Waals surface area contributed by atoms with Gasteiger partial charge in [0, 0.05) is 24.3 Å². The van der Waals surface area contributed by atoms with Crippen molar-refractivity contribution in [3.63, 3.8) is 0 Å². The van der Waals surface area contributed by atoms with Gasteiger partial charge < -0.3 is 4.74 Å². The summed E-state index contributed by atoms with van der Waals surface area (Å²) in [7, 11) is 0. The monoisotopic (exact) mass is 245 g/mol. The maximum atomic E-state index is 5.43. The van der Waals surface area contributed by atoms with Crippen molar-refractivity contribution in [3.05, 3.63) is 23.5 Å². The Labute approximate surface area is 107 Å². The predicted molar refractivity (Wildman–Crippen MR) is 70.7 cm³/mol. The van der Waals surface area contributed by atoms with Crippen molar-refractivity contribution in [2.24, 2.45) is 0 Å². The van der Waals surface area contributed by atoms with E-state index in [1.54, 1.807) is 0 Å². The lowest BCUT2D eigenvalue weighted by atomic mass is 10.1. The second kappa shape index (κ2) is 4.69. The van der Waals surface area contributed by atoms with E-state index in [0.717, 1.165) is 49.5 Å². The Bertz CT molecular complexity index is 555. The molecule has 1 aliphatic heterocycles. The molecule has 3 heterocycles. The number of rotatable bonds is 2. The zero-order valence-electron chi connectivity index (χ0n) is 11.0. The Kier molecular flexibility index (Phi) is 3.04. The van der Waals surface area contributed by atoms with Gasteiger partial charge in [0.2, 0.25) is 0 Å². The van der Waals surface area contributed by atoms with Crippen LogP contribution in [0, 0.1) is 6.92 Å². The number of aromatic nitrogens is 3. The molecule has 0 unspecified atom stereocenters. The van der Waals surface area contributed by atoms with Gasteiger partial charge in [-0.1, -0.05) is 6.92 Å². The molecule has 0 aliphatic carbocycles. The minimum Gasteiger partial charge on any atom is -0.381 e. The average Bonchev–Trinajstić information content (AvgIpc) is 2.77. The minimum absolute atomic E-state index is 0.441. The van der Waals surface area contributed by atoms with E-state index >= 15 is 0 Å². The van der Waals surface area contributed by atoms with E-state index in [1.807, 2.05) is 6.92 Å². The van der Waals surface area contributed by atoms with Crippen LogP contribution in [0.15, 0.2) is 12.1 Å². The molecule has 1 saturated heterocycles. The SMILES string of the molecule is CCc1nn(C2CCOCC2)c2nc(C)ccc12. The highest BCUT2D eigenvalue weighted by molar-refractivity contribution is 5.78. The highest BCUT2D eigenvalue weighted by Crippen LogP contribution is 2.26. The van der Waals surface area contributed by atoms with E-state index < -0.39 is 0 Å². The molecule has 96 valence electrons. The molecule has 0 amide bonds. The topological polar surface area (TPSA) is 39.9 Å². The lowest BCUT2D eigenvalue weighted by Gasteiger charge is -2.22. The molecule has 0 aromatic carbocycles. The van der Waals surface area contributed by atoms with Gasteiger partial charge >= 0.3 is 0 Å². The first-order valence-corrected chi connectivity index (χ1v) is 6.72. The van der Waals surface area contributed by atoms with Gasteiger partial charge in [-0.15, -0.1) is 0 Å². The van der Waals surface area contributed by atoms with E-state index in [1.165, 1.54) is 5.39 Å². The zero-order chi connectivity index (χ0) is 12.5. The normalized spacial score (nSPS) is 17.4. The predicted octanol–water partition coefficient (Wildman–Crippen LogP) is 2.65. The Morgan fingerprint density at radius 3 is 2.83 bits per heavy atom. The summed E-state index contributed by atoms with van der Waals surface area (Å²) in [4.78, 5) is 4.68. The molecule has 4 heteroatoms. The first kappa shape index (κ1) is 11.7. The second-order valence-corrected chi connectivity index (χ2v) is 4.91. The maximum absolute atomic E-state index is 5.43. The highest BCUT2D eigenvalue weighted by Gasteiger charge is 2.21. The van der Waals surface area contributed by atoms with Crippen molar-refractivity contribution < 1.29 is 4.74 Å². The highest BCUT2D eigenvalue weighted by atomic mass is 16.5. The third-order valence-electron chi connectivity index (χ3n) is 3.64. The lowest BCUT2D eigenvalue weighted by Crippen LogP contribution is -2.20. The Balaban J connectivity index is 2.12. The molecule has 0 atom stereocenters. The van der Waals surface area contributed by atoms with Crippen molar-refractivity contribution in [3.8, 4) is 0 Å². The summed E-state index contributed by atoms with van der Waals surface area (Å²) in [5, 5.41) is 5.97. The maximum Gasteiger partial charge on any atom is 0.158 e. The van der Waals surface area contributed by atoms with E-state index in [4.69, 9.17) is 9.84 Å². The quantitative estimate of drug-likeness (QED) is 0.816. The number of nitrogens with zero attached hydrogens (tertiary/aromatic N) is 3. The van der Waals surface area contributed by atoms with E-state index in [-0.39, 0.29) is 0 Å². The molecule has 1 aliphatic rings. The average molecular weight is 245 g/mol. The molecule has 3 rings (SSSR count). The molecule has 0 saturated carbocycles. The van der Waals surface area contributed by atoms with Crippen LogP contribution in [0.2, 0.25) is 0 Å².